The second-order valence-corrected chi connectivity index (χ2v) is 7.42. The van der Waals surface area contributed by atoms with Gasteiger partial charge in [0, 0.05) is 18.7 Å². The number of benzene rings is 1. The molecule has 1 aliphatic heterocycles. The lowest BCUT2D eigenvalue weighted by molar-refractivity contribution is 0.287. The summed E-state index contributed by atoms with van der Waals surface area (Å²) in [5.74, 6) is -0.317. The lowest BCUT2D eigenvalue weighted by Crippen LogP contribution is -2.27. The zero-order valence-corrected chi connectivity index (χ0v) is 12.3. The Bertz CT molecular complexity index is 646. The highest BCUT2D eigenvalue weighted by atomic mass is 32.2. The summed E-state index contributed by atoms with van der Waals surface area (Å²) in [7, 11) is -2.97. The zero-order chi connectivity index (χ0) is 15.5. The topological polar surface area (TPSA) is 96.0 Å². The van der Waals surface area contributed by atoms with Crippen LogP contribution < -0.4 is 5.73 Å². The van der Waals surface area contributed by atoms with Crippen molar-refractivity contribution in [2.75, 3.05) is 24.6 Å². The van der Waals surface area contributed by atoms with Gasteiger partial charge >= 0.3 is 0 Å². The average Bonchev–Trinajstić information content (AvgIpc) is 2.58. The van der Waals surface area contributed by atoms with E-state index in [0.717, 1.165) is 0 Å². The van der Waals surface area contributed by atoms with E-state index in [2.05, 4.69) is 5.16 Å². The van der Waals surface area contributed by atoms with Crippen molar-refractivity contribution in [3.63, 3.8) is 0 Å². The fourth-order valence-electron chi connectivity index (χ4n) is 2.35. The molecule has 1 heterocycles. The van der Waals surface area contributed by atoms with E-state index in [4.69, 9.17) is 10.9 Å². The van der Waals surface area contributed by atoms with Crippen molar-refractivity contribution >= 4 is 15.7 Å². The van der Waals surface area contributed by atoms with E-state index >= 15 is 0 Å². The number of amidine groups is 1. The number of halogens is 1. The van der Waals surface area contributed by atoms with Gasteiger partial charge in [-0.05, 0) is 36.7 Å². The molecule has 0 bridgehead atoms. The van der Waals surface area contributed by atoms with Crippen LogP contribution >= 0.6 is 0 Å². The van der Waals surface area contributed by atoms with Crippen molar-refractivity contribution in [3.8, 4) is 0 Å². The van der Waals surface area contributed by atoms with Gasteiger partial charge in [-0.3, -0.25) is 4.90 Å². The van der Waals surface area contributed by atoms with Gasteiger partial charge in [0.15, 0.2) is 15.7 Å². The number of hydrogen-bond acceptors (Lipinski definition) is 5. The van der Waals surface area contributed by atoms with Gasteiger partial charge in [0.25, 0.3) is 0 Å². The maximum atomic E-state index is 13.6. The smallest absolute Gasteiger partial charge is 0.170 e. The van der Waals surface area contributed by atoms with Crippen molar-refractivity contribution in [2.24, 2.45) is 10.9 Å². The highest BCUT2D eigenvalue weighted by Crippen LogP contribution is 2.14. The Hall–Kier alpha value is -1.67. The van der Waals surface area contributed by atoms with Gasteiger partial charge in [-0.1, -0.05) is 5.16 Å². The monoisotopic (exact) mass is 315 g/mol. The maximum absolute atomic E-state index is 13.6. The lowest BCUT2D eigenvalue weighted by atomic mass is 10.1. The van der Waals surface area contributed by atoms with E-state index < -0.39 is 15.7 Å². The third-order valence-electron chi connectivity index (χ3n) is 3.42. The molecule has 8 heteroatoms. The number of nitrogens with zero attached hydrogens (tertiary/aromatic N) is 2. The highest BCUT2D eigenvalue weighted by molar-refractivity contribution is 7.91. The van der Waals surface area contributed by atoms with Gasteiger partial charge in [-0.25, -0.2) is 12.8 Å². The van der Waals surface area contributed by atoms with Crippen molar-refractivity contribution in [1.82, 2.24) is 4.90 Å². The molecule has 0 spiro atoms. The molecule has 21 heavy (non-hydrogen) atoms. The van der Waals surface area contributed by atoms with Crippen molar-refractivity contribution in [3.05, 3.63) is 35.1 Å². The van der Waals surface area contributed by atoms with E-state index in [1.165, 1.54) is 12.1 Å². The molecule has 1 aromatic carbocycles. The molecule has 116 valence electrons. The predicted molar refractivity (Wildman–Crippen MR) is 77.5 cm³/mol. The van der Waals surface area contributed by atoms with Crippen LogP contribution in [0.3, 0.4) is 0 Å². The third kappa shape index (κ3) is 4.40. The third-order valence-corrected chi connectivity index (χ3v) is 5.13. The van der Waals surface area contributed by atoms with Crippen LogP contribution in [0.25, 0.3) is 0 Å². The van der Waals surface area contributed by atoms with Gasteiger partial charge in [0.2, 0.25) is 0 Å². The second kappa shape index (κ2) is 6.40. The Labute approximate surface area is 123 Å². The molecule has 0 saturated carbocycles. The molecule has 1 aromatic rings. The maximum Gasteiger partial charge on any atom is 0.170 e. The Morgan fingerprint density at radius 3 is 2.81 bits per heavy atom. The molecule has 1 fully saturated rings. The van der Waals surface area contributed by atoms with Crippen LogP contribution in [0.1, 0.15) is 17.5 Å². The minimum atomic E-state index is -2.97. The molecular formula is C13H18FN3O3S. The molecule has 1 saturated heterocycles. The van der Waals surface area contributed by atoms with Gasteiger partial charge in [-0.2, -0.15) is 0 Å². The normalized spacial score (nSPS) is 20.1. The van der Waals surface area contributed by atoms with Gasteiger partial charge in [-0.15, -0.1) is 0 Å². The van der Waals surface area contributed by atoms with Gasteiger partial charge in [0.05, 0.1) is 11.5 Å². The van der Waals surface area contributed by atoms with E-state index in [1.807, 2.05) is 4.90 Å². The van der Waals surface area contributed by atoms with Crippen LogP contribution in [0.4, 0.5) is 4.39 Å². The molecule has 0 amide bonds. The van der Waals surface area contributed by atoms with E-state index in [0.29, 0.717) is 37.2 Å². The van der Waals surface area contributed by atoms with Crippen LogP contribution in [-0.2, 0) is 16.4 Å². The van der Waals surface area contributed by atoms with E-state index in [1.54, 1.807) is 6.07 Å². The summed E-state index contributed by atoms with van der Waals surface area (Å²) in [6, 6.07) is 4.19. The summed E-state index contributed by atoms with van der Waals surface area (Å²) in [4.78, 5) is 1.97. The SMILES string of the molecule is N/C(=N/O)c1cc(F)cc(CN2CCCS(=O)(=O)CC2)c1. The molecule has 2 rings (SSSR count). The first-order valence-corrected chi connectivity index (χ1v) is 8.42. The predicted octanol–water partition coefficient (Wildman–Crippen LogP) is 0.541. The average molecular weight is 315 g/mol. The van der Waals surface area contributed by atoms with Crippen LogP contribution in [0, 0.1) is 5.82 Å². The summed E-state index contributed by atoms with van der Waals surface area (Å²) in [5.41, 5.74) is 6.43. The first kappa shape index (κ1) is 15.7. The fraction of sp³-hybridized carbons (Fsp3) is 0.462. The summed E-state index contributed by atoms with van der Waals surface area (Å²) < 4.78 is 36.7. The first-order valence-electron chi connectivity index (χ1n) is 6.60. The molecule has 0 atom stereocenters. The number of nitrogens with two attached hydrogens (primary N) is 1. The van der Waals surface area contributed by atoms with Crippen molar-refractivity contribution in [2.45, 2.75) is 13.0 Å². The minimum Gasteiger partial charge on any atom is -0.409 e. The summed E-state index contributed by atoms with van der Waals surface area (Å²) in [5, 5.41) is 11.5. The fourth-order valence-corrected chi connectivity index (χ4v) is 3.66. The molecule has 6 nitrogen and oxygen atoms in total. The molecule has 0 aliphatic carbocycles. The minimum absolute atomic E-state index is 0.120. The van der Waals surface area contributed by atoms with Crippen molar-refractivity contribution < 1.29 is 18.0 Å². The lowest BCUT2D eigenvalue weighted by Gasteiger charge is -2.19. The standard InChI is InChI=1S/C13H18FN3O3S/c14-12-7-10(6-11(8-12)13(15)16-18)9-17-2-1-4-21(19,20)5-3-17/h6-8,18H,1-5,9H2,(H2,15,16). The Kier molecular flexibility index (Phi) is 4.79. The molecule has 1 aliphatic rings. The van der Waals surface area contributed by atoms with Crippen LogP contribution in [0.15, 0.2) is 23.4 Å². The molecule has 3 N–H and O–H groups in total. The Balaban J connectivity index is 2.14. The number of rotatable bonds is 3. The largest absolute Gasteiger partial charge is 0.409 e. The second-order valence-electron chi connectivity index (χ2n) is 5.11. The zero-order valence-electron chi connectivity index (χ0n) is 11.5. The molecule has 0 unspecified atom stereocenters. The number of oxime groups is 1. The Morgan fingerprint density at radius 1 is 1.33 bits per heavy atom. The molecule has 0 radical (unpaired) electrons. The summed E-state index contributed by atoms with van der Waals surface area (Å²) in [6.45, 7) is 1.51. The number of hydrogen-bond donors (Lipinski definition) is 2. The number of sulfone groups is 1. The first-order chi connectivity index (χ1) is 9.89. The molecular weight excluding hydrogens is 297 g/mol. The Morgan fingerprint density at radius 2 is 2.10 bits per heavy atom. The van der Waals surface area contributed by atoms with Crippen molar-refractivity contribution in [1.29, 1.82) is 0 Å². The van der Waals surface area contributed by atoms with Crippen LogP contribution in [0.5, 0.6) is 0 Å². The summed E-state index contributed by atoms with van der Waals surface area (Å²) in [6.07, 6.45) is 0.574. The summed E-state index contributed by atoms with van der Waals surface area (Å²) >= 11 is 0. The van der Waals surface area contributed by atoms with Gasteiger partial charge in [0.1, 0.15) is 5.82 Å². The highest BCUT2D eigenvalue weighted by Gasteiger charge is 2.19. The van der Waals surface area contributed by atoms with Crippen LogP contribution in [0.2, 0.25) is 0 Å². The van der Waals surface area contributed by atoms with E-state index in [-0.39, 0.29) is 17.3 Å². The van der Waals surface area contributed by atoms with Gasteiger partial charge < -0.3 is 10.9 Å². The quantitative estimate of drug-likeness (QED) is 0.367. The van der Waals surface area contributed by atoms with E-state index in [9.17, 15) is 12.8 Å². The molecule has 0 aromatic heterocycles. The van der Waals surface area contributed by atoms with Crippen LogP contribution in [-0.4, -0.2) is 49.0 Å².